The maximum Gasteiger partial charge on any atom is 0.405 e. The van der Waals surface area contributed by atoms with Gasteiger partial charge in [-0.2, -0.15) is 0 Å². The molecule has 2 N–H and O–H groups in total. The van der Waals surface area contributed by atoms with Gasteiger partial charge in [0.1, 0.15) is 6.04 Å². The van der Waals surface area contributed by atoms with Gasteiger partial charge in [0.05, 0.1) is 0 Å². The van der Waals surface area contributed by atoms with Crippen LogP contribution in [-0.4, -0.2) is 29.7 Å². The van der Waals surface area contributed by atoms with Gasteiger partial charge >= 0.3 is 6.09 Å². The van der Waals surface area contributed by atoms with E-state index < -0.39 is 12.1 Å². The summed E-state index contributed by atoms with van der Waals surface area (Å²) < 4.78 is 0.941. The average Bonchev–Trinajstić information content (AvgIpc) is 2.33. The Morgan fingerprint density at radius 3 is 2.67 bits per heavy atom. The van der Waals surface area contributed by atoms with Crippen molar-refractivity contribution in [2.75, 3.05) is 11.4 Å². The van der Waals surface area contributed by atoms with Crippen molar-refractivity contribution in [3.05, 3.63) is 28.7 Å². The normalized spacial score (nSPS) is 19.7. The molecule has 0 aliphatic carbocycles. The molecule has 1 heterocycles. The number of carbonyl (C=O) groups excluding carboxylic acids is 1. The highest BCUT2D eigenvalue weighted by Gasteiger charge is 2.30. The Labute approximate surface area is 113 Å². The summed E-state index contributed by atoms with van der Waals surface area (Å²) in [7, 11) is 0. The van der Waals surface area contributed by atoms with Crippen molar-refractivity contribution in [2.45, 2.75) is 18.9 Å². The summed E-state index contributed by atoms with van der Waals surface area (Å²) in [6.07, 6.45) is 0.177. The molecule has 0 spiro atoms. The van der Waals surface area contributed by atoms with E-state index in [4.69, 9.17) is 5.11 Å². The Balaban J connectivity index is 2.15. The van der Waals surface area contributed by atoms with Crippen LogP contribution in [0, 0.1) is 0 Å². The second-order valence-corrected chi connectivity index (χ2v) is 5.03. The van der Waals surface area contributed by atoms with Crippen molar-refractivity contribution < 1.29 is 14.7 Å². The van der Waals surface area contributed by atoms with Gasteiger partial charge in [0.15, 0.2) is 0 Å². The molecule has 0 radical (unpaired) electrons. The van der Waals surface area contributed by atoms with Gasteiger partial charge in [0.25, 0.3) is 0 Å². The fourth-order valence-electron chi connectivity index (χ4n) is 2.04. The number of amides is 2. The third-order valence-electron chi connectivity index (χ3n) is 2.87. The van der Waals surface area contributed by atoms with Crippen LogP contribution in [0.3, 0.4) is 0 Å². The molecule has 0 saturated carbocycles. The monoisotopic (exact) mass is 312 g/mol. The van der Waals surface area contributed by atoms with E-state index in [1.165, 1.54) is 0 Å². The summed E-state index contributed by atoms with van der Waals surface area (Å²) in [5, 5.41) is 10.9. The predicted octanol–water partition coefficient (Wildman–Crippen LogP) is 2.21. The number of hydrogen-bond donors (Lipinski definition) is 2. The molecule has 96 valence electrons. The van der Waals surface area contributed by atoms with Crippen LogP contribution in [-0.2, 0) is 4.79 Å². The summed E-state index contributed by atoms with van der Waals surface area (Å²) in [5.41, 5.74) is 0.792. The Hall–Kier alpha value is -1.56. The van der Waals surface area contributed by atoms with E-state index in [0.29, 0.717) is 13.0 Å². The van der Waals surface area contributed by atoms with E-state index in [1.54, 1.807) is 4.90 Å². The molecule has 6 heteroatoms. The Morgan fingerprint density at radius 2 is 2.06 bits per heavy atom. The van der Waals surface area contributed by atoms with Crippen LogP contribution in [0.4, 0.5) is 10.5 Å². The molecule has 1 aromatic carbocycles. The predicted molar refractivity (Wildman–Crippen MR) is 70.7 cm³/mol. The maximum atomic E-state index is 12.1. The zero-order valence-electron chi connectivity index (χ0n) is 9.60. The van der Waals surface area contributed by atoms with E-state index in [0.717, 1.165) is 16.6 Å². The highest BCUT2D eigenvalue weighted by atomic mass is 79.9. The third-order valence-corrected chi connectivity index (χ3v) is 3.40. The van der Waals surface area contributed by atoms with Crippen LogP contribution < -0.4 is 10.2 Å². The topological polar surface area (TPSA) is 69.6 Å². The summed E-state index contributed by atoms with van der Waals surface area (Å²) in [6.45, 7) is 0.623. The molecule has 18 heavy (non-hydrogen) atoms. The summed E-state index contributed by atoms with van der Waals surface area (Å²) in [4.78, 5) is 24.4. The second-order valence-electron chi connectivity index (χ2n) is 4.11. The van der Waals surface area contributed by atoms with E-state index in [1.807, 2.05) is 24.3 Å². The largest absolute Gasteiger partial charge is 0.465 e. The van der Waals surface area contributed by atoms with Crippen LogP contribution in [0.5, 0.6) is 0 Å². The molecule has 1 aromatic rings. The zero-order valence-corrected chi connectivity index (χ0v) is 11.2. The Kier molecular flexibility index (Phi) is 3.86. The minimum Gasteiger partial charge on any atom is -0.465 e. The zero-order chi connectivity index (χ0) is 13.1. The summed E-state index contributed by atoms with van der Waals surface area (Å²) >= 11 is 3.34. The van der Waals surface area contributed by atoms with Crippen molar-refractivity contribution in [2.24, 2.45) is 0 Å². The molecule has 0 bridgehead atoms. The molecule has 1 saturated heterocycles. The van der Waals surface area contributed by atoms with Gasteiger partial charge in [0, 0.05) is 16.7 Å². The lowest BCUT2D eigenvalue weighted by Crippen LogP contribution is -2.52. The van der Waals surface area contributed by atoms with Crippen LogP contribution in [0.1, 0.15) is 12.8 Å². The van der Waals surface area contributed by atoms with Gasteiger partial charge in [0.2, 0.25) is 5.91 Å². The quantitative estimate of drug-likeness (QED) is 0.879. The van der Waals surface area contributed by atoms with Crippen LogP contribution >= 0.6 is 15.9 Å². The highest BCUT2D eigenvalue weighted by molar-refractivity contribution is 9.10. The maximum absolute atomic E-state index is 12.1. The number of rotatable bonds is 2. The molecular formula is C12H13BrN2O3. The van der Waals surface area contributed by atoms with Gasteiger partial charge < -0.3 is 15.3 Å². The first-order valence-electron chi connectivity index (χ1n) is 5.64. The number of nitrogens with one attached hydrogen (secondary N) is 1. The van der Waals surface area contributed by atoms with Crippen molar-refractivity contribution in [1.29, 1.82) is 0 Å². The number of carbonyl (C=O) groups is 2. The number of piperidine rings is 1. The van der Waals surface area contributed by atoms with Gasteiger partial charge in [-0.05, 0) is 37.1 Å². The molecule has 1 aliphatic heterocycles. The Bertz CT molecular complexity index is 461. The van der Waals surface area contributed by atoms with Crippen molar-refractivity contribution in [3.8, 4) is 0 Å². The number of carboxylic acid groups (broad SMARTS) is 1. The standard InChI is InChI=1S/C12H13BrN2O3/c13-8-3-5-9(6-4-8)15-7-1-2-10(11(15)16)14-12(17)18/h3-6,10,14H,1-2,7H2,(H,17,18)/t10-/m1/s1. The molecular weight excluding hydrogens is 300 g/mol. The van der Waals surface area contributed by atoms with Gasteiger partial charge in [-0.25, -0.2) is 4.79 Å². The molecule has 0 unspecified atom stereocenters. The number of halogens is 1. The molecule has 1 fully saturated rings. The fourth-order valence-corrected chi connectivity index (χ4v) is 2.30. The third kappa shape index (κ3) is 2.81. The van der Waals surface area contributed by atoms with Gasteiger partial charge in [-0.3, -0.25) is 4.79 Å². The number of nitrogens with zero attached hydrogens (tertiary/aromatic N) is 1. The van der Waals surface area contributed by atoms with Gasteiger partial charge in [-0.15, -0.1) is 0 Å². The van der Waals surface area contributed by atoms with Crippen molar-refractivity contribution in [3.63, 3.8) is 0 Å². The number of anilines is 1. The SMILES string of the molecule is O=C(O)N[C@@H]1CCCN(c2ccc(Br)cc2)C1=O. The first kappa shape index (κ1) is 12.9. The molecule has 1 atom stereocenters. The lowest BCUT2D eigenvalue weighted by Gasteiger charge is -2.32. The molecule has 0 aromatic heterocycles. The lowest BCUT2D eigenvalue weighted by molar-refractivity contribution is -0.121. The lowest BCUT2D eigenvalue weighted by atomic mass is 10.0. The number of benzene rings is 1. The van der Waals surface area contributed by atoms with Crippen LogP contribution in [0.25, 0.3) is 0 Å². The average molecular weight is 313 g/mol. The number of hydrogen-bond acceptors (Lipinski definition) is 2. The molecule has 2 rings (SSSR count). The summed E-state index contributed by atoms with van der Waals surface area (Å²) in [5.74, 6) is -0.189. The van der Waals surface area contributed by atoms with E-state index in [2.05, 4.69) is 21.2 Å². The molecule has 2 amide bonds. The minimum absolute atomic E-state index is 0.189. The van der Waals surface area contributed by atoms with Gasteiger partial charge in [-0.1, -0.05) is 15.9 Å². The minimum atomic E-state index is -1.16. The Morgan fingerprint density at radius 1 is 1.39 bits per heavy atom. The first-order valence-corrected chi connectivity index (χ1v) is 6.43. The smallest absolute Gasteiger partial charge is 0.405 e. The summed E-state index contributed by atoms with van der Waals surface area (Å²) in [6, 6.07) is 6.75. The second kappa shape index (κ2) is 5.39. The molecule has 5 nitrogen and oxygen atoms in total. The van der Waals surface area contributed by atoms with E-state index in [9.17, 15) is 9.59 Å². The highest BCUT2D eigenvalue weighted by Crippen LogP contribution is 2.23. The van der Waals surface area contributed by atoms with E-state index >= 15 is 0 Å². The fraction of sp³-hybridized carbons (Fsp3) is 0.333. The van der Waals surface area contributed by atoms with Crippen LogP contribution in [0.15, 0.2) is 28.7 Å². The van der Waals surface area contributed by atoms with Crippen LogP contribution in [0.2, 0.25) is 0 Å². The van der Waals surface area contributed by atoms with Crippen molar-refractivity contribution >= 4 is 33.6 Å². The molecule has 1 aliphatic rings. The van der Waals surface area contributed by atoms with E-state index in [-0.39, 0.29) is 5.91 Å². The van der Waals surface area contributed by atoms with Crippen molar-refractivity contribution in [1.82, 2.24) is 5.32 Å². The first-order chi connectivity index (χ1) is 8.58.